The van der Waals surface area contributed by atoms with Gasteiger partial charge in [0.05, 0.1) is 18.0 Å². The van der Waals surface area contributed by atoms with Crippen molar-refractivity contribution in [3.63, 3.8) is 0 Å². The Bertz CT molecular complexity index is 725. The Morgan fingerprint density at radius 2 is 1.95 bits per heavy atom. The number of aliphatic imine (C=N–C) groups is 1. The lowest BCUT2D eigenvalue weighted by Gasteiger charge is -2.06. The third-order valence-corrected chi connectivity index (χ3v) is 3.66. The van der Waals surface area contributed by atoms with Gasteiger partial charge in [-0.2, -0.15) is 5.10 Å². The lowest BCUT2D eigenvalue weighted by atomic mass is 10.1. The molecule has 0 radical (unpaired) electrons. The maximum atomic E-state index is 12.3. The van der Waals surface area contributed by atoms with E-state index in [9.17, 15) is 4.79 Å². The molecule has 0 aliphatic carbocycles. The average Bonchev–Trinajstić information content (AvgIpc) is 2.69. The van der Waals surface area contributed by atoms with E-state index in [2.05, 4.69) is 10.4 Å². The molecule has 1 amide bonds. The van der Waals surface area contributed by atoms with Crippen molar-refractivity contribution in [3.8, 4) is 0 Å². The van der Waals surface area contributed by atoms with Gasteiger partial charge in [0, 0.05) is 6.54 Å². The molecule has 1 aromatic heterocycles. The first kappa shape index (κ1) is 13.5. The van der Waals surface area contributed by atoms with E-state index in [1.807, 2.05) is 45.0 Å². The van der Waals surface area contributed by atoms with Crippen LogP contribution in [0.1, 0.15) is 34.2 Å². The molecular weight excluding hydrogens is 264 g/mol. The van der Waals surface area contributed by atoms with Gasteiger partial charge in [-0.3, -0.25) is 9.48 Å². The maximum Gasteiger partial charge on any atom is 0.272 e. The van der Waals surface area contributed by atoms with Crippen LogP contribution in [-0.4, -0.2) is 27.9 Å². The van der Waals surface area contributed by atoms with Gasteiger partial charge in [0.25, 0.3) is 5.91 Å². The molecule has 0 bridgehead atoms. The van der Waals surface area contributed by atoms with Crippen LogP contribution in [0.3, 0.4) is 0 Å². The van der Waals surface area contributed by atoms with Crippen LogP contribution >= 0.6 is 0 Å². The summed E-state index contributed by atoms with van der Waals surface area (Å²) in [6.07, 6.45) is 0. The van der Waals surface area contributed by atoms with Gasteiger partial charge in [-0.05, 0) is 26.3 Å². The van der Waals surface area contributed by atoms with Crippen LogP contribution in [0.2, 0.25) is 0 Å². The van der Waals surface area contributed by atoms with E-state index >= 15 is 0 Å². The van der Waals surface area contributed by atoms with Crippen LogP contribution in [0.25, 0.3) is 0 Å². The number of hydrogen-bond donors (Lipinski definition) is 1. The Morgan fingerprint density at radius 3 is 2.62 bits per heavy atom. The second-order valence-electron chi connectivity index (χ2n) is 5.21. The van der Waals surface area contributed by atoms with E-state index in [-0.39, 0.29) is 5.91 Å². The number of hydrogen-bond acceptors (Lipinski definition) is 3. The molecule has 2 heterocycles. The highest BCUT2D eigenvalue weighted by atomic mass is 16.2. The number of carbonyl (C=O) groups is 1. The van der Waals surface area contributed by atoms with Crippen molar-refractivity contribution in [2.24, 2.45) is 4.99 Å². The van der Waals surface area contributed by atoms with Crippen molar-refractivity contribution < 1.29 is 4.79 Å². The fourth-order valence-corrected chi connectivity index (χ4v) is 2.49. The summed E-state index contributed by atoms with van der Waals surface area (Å²) in [4.78, 5) is 17.0. The number of nitrogens with one attached hydrogen (secondary N) is 1. The smallest absolute Gasteiger partial charge is 0.272 e. The summed E-state index contributed by atoms with van der Waals surface area (Å²) < 4.78 is 1.71. The molecule has 0 unspecified atom stereocenters. The second-order valence-corrected chi connectivity index (χ2v) is 5.21. The van der Waals surface area contributed by atoms with Crippen molar-refractivity contribution in [1.82, 2.24) is 15.1 Å². The molecule has 3 rings (SSSR count). The minimum absolute atomic E-state index is 0.113. The van der Waals surface area contributed by atoms with Gasteiger partial charge in [0.2, 0.25) is 0 Å². The van der Waals surface area contributed by atoms with E-state index in [0.717, 1.165) is 17.0 Å². The fraction of sp³-hybridized carbons (Fsp3) is 0.312. The van der Waals surface area contributed by atoms with E-state index in [1.54, 1.807) is 4.68 Å². The topological polar surface area (TPSA) is 59.3 Å². The number of aryl methyl sites for hydroxylation is 3. The molecule has 1 N–H and O–H groups in total. The Balaban J connectivity index is 2.12. The lowest BCUT2D eigenvalue weighted by Crippen LogP contribution is -2.29. The van der Waals surface area contributed by atoms with E-state index < -0.39 is 0 Å². The van der Waals surface area contributed by atoms with Crippen LogP contribution in [0, 0.1) is 13.8 Å². The zero-order chi connectivity index (χ0) is 15.0. The molecule has 108 valence electrons. The van der Waals surface area contributed by atoms with Gasteiger partial charge in [0.1, 0.15) is 5.69 Å². The highest BCUT2D eigenvalue weighted by Crippen LogP contribution is 2.26. The first-order chi connectivity index (χ1) is 10.1. The summed E-state index contributed by atoms with van der Waals surface area (Å²) in [6, 6.07) is 8.16. The quantitative estimate of drug-likeness (QED) is 0.919. The Kier molecular flexibility index (Phi) is 3.33. The molecule has 5 heteroatoms. The highest BCUT2D eigenvalue weighted by Gasteiger charge is 2.24. The summed E-state index contributed by atoms with van der Waals surface area (Å²) in [6.45, 7) is 6.99. The summed E-state index contributed by atoms with van der Waals surface area (Å²) in [5.41, 5.74) is 5.11. The molecule has 5 nitrogen and oxygen atoms in total. The Morgan fingerprint density at radius 1 is 1.24 bits per heavy atom. The molecule has 0 fully saturated rings. The van der Waals surface area contributed by atoms with Gasteiger partial charge in [-0.15, -0.1) is 0 Å². The molecule has 21 heavy (non-hydrogen) atoms. The summed E-state index contributed by atoms with van der Waals surface area (Å²) in [5.74, 6) is -0.113. The number of nitrogens with zero attached hydrogens (tertiary/aromatic N) is 3. The van der Waals surface area contributed by atoms with Crippen molar-refractivity contribution in [1.29, 1.82) is 0 Å². The van der Waals surface area contributed by atoms with Crippen LogP contribution in [0.15, 0.2) is 29.3 Å². The monoisotopic (exact) mass is 282 g/mol. The molecule has 1 aromatic carbocycles. The summed E-state index contributed by atoms with van der Waals surface area (Å²) in [5, 5.41) is 7.32. The molecule has 2 aromatic rings. The summed E-state index contributed by atoms with van der Waals surface area (Å²) >= 11 is 0. The zero-order valence-electron chi connectivity index (χ0n) is 12.5. The predicted octanol–water partition coefficient (Wildman–Crippen LogP) is 2.38. The first-order valence-corrected chi connectivity index (χ1v) is 7.10. The van der Waals surface area contributed by atoms with Gasteiger partial charge < -0.3 is 5.32 Å². The SMILES string of the molecule is CCn1nc(C)c2c1C(=O)NCC(c1ccc(C)cc1)=N2. The van der Waals surface area contributed by atoms with Gasteiger partial charge in [-0.1, -0.05) is 29.8 Å². The van der Waals surface area contributed by atoms with Crippen molar-refractivity contribution in [2.45, 2.75) is 27.3 Å². The second kappa shape index (κ2) is 5.16. The minimum atomic E-state index is -0.113. The maximum absolute atomic E-state index is 12.3. The Labute approximate surface area is 123 Å². The van der Waals surface area contributed by atoms with Crippen molar-refractivity contribution in [3.05, 3.63) is 46.8 Å². The van der Waals surface area contributed by atoms with Crippen LogP contribution in [0.5, 0.6) is 0 Å². The van der Waals surface area contributed by atoms with Gasteiger partial charge in [-0.25, -0.2) is 4.99 Å². The van der Waals surface area contributed by atoms with E-state index in [4.69, 9.17) is 4.99 Å². The van der Waals surface area contributed by atoms with Gasteiger partial charge >= 0.3 is 0 Å². The van der Waals surface area contributed by atoms with Crippen molar-refractivity contribution >= 4 is 17.3 Å². The molecule has 1 aliphatic rings. The minimum Gasteiger partial charge on any atom is -0.345 e. The molecular formula is C16H18N4O. The molecule has 0 spiro atoms. The number of carbonyl (C=O) groups excluding carboxylic acids is 1. The van der Waals surface area contributed by atoms with E-state index in [1.165, 1.54) is 5.56 Å². The number of aromatic nitrogens is 2. The Hall–Kier alpha value is -2.43. The largest absolute Gasteiger partial charge is 0.345 e. The standard InChI is InChI=1S/C16H18N4O/c1-4-20-15-14(11(3)19-20)18-13(9-17-16(15)21)12-7-5-10(2)6-8-12/h5-8H,4,9H2,1-3H3,(H,17,21). The highest BCUT2D eigenvalue weighted by molar-refractivity contribution is 6.10. The van der Waals surface area contributed by atoms with Gasteiger partial charge in [0.15, 0.2) is 5.69 Å². The van der Waals surface area contributed by atoms with Crippen LogP contribution in [-0.2, 0) is 6.54 Å². The molecule has 0 atom stereocenters. The first-order valence-electron chi connectivity index (χ1n) is 7.10. The van der Waals surface area contributed by atoms with E-state index in [0.29, 0.717) is 24.5 Å². The third-order valence-electron chi connectivity index (χ3n) is 3.66. The molecule has 0 saturated heterocycles. The lowest BCUT2D eigenvalue weighted by molar-refractivity contribution is 0.0950. The number of benzene rings is 1. The number of amides is 1. The average molecular weight is 282 g/mol. The number of fused-ring (bicyclic) bond motifs is 1. The molecule has 0 saturated carbocycles. The molecule has 1 aliphatic heterocycles. The third kappa shape index (κ3) is 2.35. The van der Waals surface area contributed by atoms with Crippen LogP contribution in [0.4, 0.5) is 5.69 Å². The summed E-state index contributed by atoms with van der Waals surface area (Å²) in [7, 11) is 0. The zero-order valence-corrected chi connectivity index (χ0v) is 12.5. The van der Waals surface area contributed by atoms with Crippen molar-refractivity contribution in [2.75, 3.05) is 6.54 Å². The normalized spacial score (nSPS) is 14.2. The number of rotatable bonds is 2. The predicted molar refractivity (Wildman–Crippen MR) is 82.3 cm³/mol. The fourth-order valence-electron chi connectivity index (χ4n) is 2.49. The van der Waals surface area contributed by atoms with Crippen LogP contribution < -0.4 is 5.32 Å².